The summed E-state index contributed by atoms with van der Waals surface area (Å²) in [6.07, 6.45) is 0. The summed E-state index contributed by atoms with van der Waals surface area (Å²) in [5, 5.41) is 16.9. The summed E-state index contributed by atoms with van der Waals surface area (Å²) in [5.74, 6) is 0. The van der Waals surface area contributed by atoms with Gasteiger partial charge in [-0.2, -0.15) is 0 Å². The van der Waals surface area contributed by atoms with Crippen LogP contribution in [0.5, 0.6) is 0 Å². The summed E-state index contributed by atoms with van der Waals surface area (Å²) in [6.45, 7) is 0. The van der Waals surface area contributed by atoms with Crippen molar-refractivity contribution in [3.63, 3.8) is 0 Å². The maximum Gasteiger partial charge on any atom is 0.136 e. The number of benzene rings is 20. The molecule has 10 aromatic heterocycles. The Kier molecular flexibility index (Phi) is 20.3. The fourth-order valence-corrected chi connectivity index (χ4v) is 23.0. The molecule has 0 amide bonds. The first-order chi connectivity index (χ1) is 71.8. The number of pyridine rings is 3. The Bertz CT molecular complexity index is 10300. The van der Waals surface area contributed by atoms with Gasteiger partial charge < -0.3 is 27.0 Å². The van der Waals surface area contributed by atoms with Crippen molar-refractivity contribution in [2.75, 3.05) is 0 Å². The average molecular weight is 1870 g/mol. The highest BCUT2D eigenvalue weighted by atomic mass is 32.1. The molecule has 678 valence electrons. The van der Waals surface area contributed by atoms with E-state index in [1.54, 1.807) is 0 Å². The second kappa shape index (κ2) is 35.0. The highest BCUT2D eigenvalue weighted by molar-refractivity contribution is 7.26. The van der Waals surface area contributed by atoms with Gasteiger partial charge in [-0.1, -0.05) is 328 Å². The standard InChI is InChI=1S/C53H32N2OS.2C41H26N2O/c1-2-12-33(13-3-1)34-14-10-15-36(28-34)45-30-38(35-24-25-41-40-18-5-8-22-49(40)56-50(41)32-35)31-46(54-45)37-16-11-17-39(29-37)55-47-21-7-4-20-44(47)52-48(55)27-26-43-42-19-6-9-23-51(42)57-53(43)52;1-2-11-27(12-3-1)36-24-30(25-37(42-36)29-21-22-35-34-17-6-9-20-40(34)44-41(35)26-29)28-13-10-14-31(23-28)43-38-18-7-4-15-32(38)33-16-5-8-19-39(33)43;1-2-10-28(11-3-1)36-25-30(26-37(42-36)29-20-23-41-35(24-29)34-14-6-9-17-40(34)44-41)27-18-21-31(22-19-27)43-38-15-7-4-12-32(38)33-13-5-8-16-39(33)43/h1-32H;2*1-26H. The number of hydrogen-bond donors (Lipinski definition) is 0. The van der Waals surface area contributed by atoms with Gasteiger partial charge >= 0.3 is 0 Å². The molecule has 10 heteroatoms. The van der Waals surface area contributed by atoms with Crippen LogP contribution in [0, 0.1) is 0 Å². The number of thiophene rings is 1. The molecule has 30 rings (SSSR count). The third kappa shape index (κ3) is 14.9. The van der Waals surface area contributed by atoms with Gasteiger partial charge in [0.05, 0.1) is 67.3 Å². The van der Waals surface area contributed by atoms with E-state index < -0.39 is 0 Å². The fraction of sp³-hybridized carbons (Fsp3) is 0. The summed E-state index contributed by atoms with van der Waals surface area (Å²) in [7, 11) is 0. The number of rotatable bonds is 13. The molecule has 0 fully saturated rings. The summed E-state index contributed by atoms with van der Waals surface area (Å²) >= 11 is 1.88. The van der Waals surface area contributed by atoms with Crippen LogP contribution >= 0.6 is 11.3 Å². The highest BCUT2D eigenvalue weighted by Crippen LogP contribution is 2.47. The Labute approximate surface area is 837 Å². The molecule has 0 saturated carbocycles. The van der Waals surface area contributed by atoms with Gasteiger partial charge in [0.15, 0.2) is 0 Å². The fourth-order valence-electron chi connectivity index (χ4n) is 21.7. The first-order valence-corrected chi connectivity index (χ1v) is 49.9. The second-order valence-electron chi connectivity index (χ2n) is 37.2. The molecule has 0 aliphatic rings. The van der Waals surface area contributed by atoms with Gasteiger partial charge in [-0.15, -0.1) is 11.3 Å². The van der Waals surface area contributed by atoms with Crippen LogP contribution in [0.25, 0.3) is 281 Å². The van der Waals surface area contributed by atoms with E-state index in [2.05, 4.69) is 475 Å². The third-order valence-electron chi connectivity index (χ3n) is 28.6. The lowest BCUT2D eigenvalue weighted by atomic mass is 9.97. The monoisotopic (exact) mass is 1870 g/mol. The van der Waals surface area contributed by atoms with Crippen molar-refractivity contribution in [2.45, 2.75) is 0 Å². The van der Waals surface area contributed by atoms with E-state index in [4.69, 9.17) is 28.2 Å². The second-order valence-corrected chi connectivity index (χ2v) is 38.2. The number of nitrogens with zero attached hydrogens (tertiary/aromatic N) is 6. The Balaban J connectivity index is 0.000000107. The summed E-state index contributed by atoms with van der Waals surface area (Å²) in [5.41, 5.74) is 36.8. The van der Waals surface area contributed by atoms with Crippen LogP contribution in [0.4, 0.5) is 0 Å². The molecule has 0 spiro atoms. The van der Waals surface area contributed by atoms with Crippen LogP contribution < -0.4 is 0 Å². The number of furan rings is 3. The Hall–Kier alpha value is -19.1. The lowest BCUT2D eigenvalue weighted by molar-refractivity contribution is 0.668. The molecule has 0 atom stereocenters. The molecular formula is C135H84N6O3S. The highest BCUT2D eigenvalue weighted by Gasteiger charge is 2.24. The molecule has 0 N–H and O–H groups in total. The zero-order chi connectivity index (χ0) is 95.5. The van der Waals surface area contributed by atoms with Crippen LogP contribution in [-0.4, -0.2) is 28.7 Å². The third-order valence-corrected chi connectivity index (χ3v) is 29.8. The van der Waals surface area contributed by atoms with E-state index in [0.717, 1.165) is 189 Å². The van der Waals surface area contributed by atoms with Gasteiger partial charge in [-0.3, -0.25) is 0 Å². The molecule has 20 aromatic carbocycles. The average Bonchev–Trinajstić information content (AvgIpc) is 1.55. The molecule has 0 aliphatic heterocycles. The molecule has 0 unspecified atom stereocenters. The van der Waals surface area contributed by atoms with Crippen molar-refractivity contribution in [3.05, 3.63) is 510 Å². The number of aromatic nitrogens is 6. The SMILES string of the molecule is c1ccc(-c2cc(-c3ccc(-n4c5ccccc5c5ccccc54)cc3)cc(-c3ccc4oc5ccccc5c4c3)n2)cc1.c1ccc(-c2cc(-c3cccc(-n4c5ccccc5c5ccccc54)c3)cc(-c3ccc4c(c3)oc3ccccc34)n2)cc1.c1ccc(-c2cccc(-c3cc(-c4ccc5c(c4)oc4ccccc45)cc(-c4cccc(-n5c6ccccc6c6c7sc8ccccc8c7ccc65)c4)n3)c2)cc1. The van der Waals surface area contributed by atoms with Crippen molar-refractivity contribution < 1.29 is 13.3 Å². The molecule has 0 aliphatic carbocycles. The largest absolute Gasteiger partial charge is 0.456 e. The zero-order valence-electron chi connectivity index (χ0n) is 78.3. The van der Waals surface area contributed by atoms with E-state index in [-0.39, 0.29) is 0 Å². The number of hydrogen-bond acceptors (Lipinski definition) is 7. The van der Waals surface area contributed by atoms with Gasteiger partial charge in [-0.25, -0.2) is 15.0 Å². The van der Waals surface area contributed by atoms with Gasteiger partial charge in [0.2, 0.25) is 0 Å². The van der Waals surface area contributed by atoms with Gasteiger partial charge in [0, 0.05) is 135 Å². The smallest absolute Gasteiger partial charge is 0.136 e. The quantitative estimate of drug-likeness (QED) is 0.114. The van der Waals surface area contributed by atoms with Crippen LogP contribution in [0.1, 0.15) is 0 Å². The van der Waals surface area contributed by atoms with Crippen molar-refractivity contribution in [3.8, 4) is 129 Å². The maximum absolute atomic E-state index is 6.36. The van der Waals surface area contributed by atoms with Gasteiger partial charge in [-0.05, 0) is 226 Å². The topological polar surface area (TPSA) is 92.9 Å². The molecule has 145 heavy (non-hydrogen) atoms. The molecule has 9 nitrogen and oxygen atoms in total. The van der Waals surface area contributed by atoms with Crippen LogP contribution in [-0.2, 0) is 0 Å². The summed E-state index contributed by atoms with van der Waals surface area (Å²) in [4.78, 5) is 15.7. The van der Waals surface area contributed by atoms with Crippen molar-refractivity contribution in [2.24, 2.45) is 0 Å². The molecule has 10 heterocycles. The van der Waals surface area contributed by atoms with Crippen LogP contribution in [0.3, 0.4) is 0 Å². The van der Waals surface area contributed by atoms with Crippen LogP contribution in [0.2, 0.25) is 0 Å². The lowest BCUT2D eigenvalue weighted by Crippen LogP contribution is -1.96. The summed E-state index contributed by atoms with van der Waals surface area (Å²) < 4.78 is 28.5. The number of para-hydroxylation sites is 8. The molecule has 0 radical (unpaired) electrons. The minimum atomic E-state index is 0.866. The lowest BCUT2D eigenvalue weighted by Gasteiger charge is -2.13. The van der Waals surface area contributed by atoms with Crippen molar-refractivity contribution in [1.29, 1.82) is 0 Å². The van der Waals surface area contributed by atoms with Crippen molar-refractivity contribution >= 4 is 163 Å². The Morgan fingerprint density at radius 3 is 0.979 bits per heavy atom. The first kappa shape index (κ1) is 84.0. The minimum absolute atomic E-state index is 0.866. The normalized spacial score (nSPS) is 11.7. The molecular weight excluding hydrogens is 1790 g/mol. The van der Waals surface area contributed by atoms with Crippen molar-refractivity contribution in [1.82, 2.24) is 28.7 Å². The minimum Gasteiger partial charge on any atom is -0.456 e. The van der Waals surface area contributed by atoms with E-state index in [1.807, 2.05) is 59.9 Å². The predicted molar refractivity (Wildman–Crippen MR) is 605 cm³/mol. The number of fused-ring (bicyclic) bond motifs is 22. The van der Waals surface area contributed by atoms with Crippen LogP contribution in [0.15, 0.2) is 523 Å². The van der Waals surface area contributed by atoms with E-state index >= 15 is 0 Å². The summed E-state index contributed by atoms with van der Waals surface area (Å²) in [6, 6.07) is 180. The van der Waals surface area contributed by atoms with E-state index in [0.29, 0.717) is 0 Å². The molecule has 0 saturated heterocycles. The maximum atomic E-state index is 6.36. The first-order valence-electron chi connectivity index (χ1n) is 49.0. The van der Waals surface area contributed by atoms with E-state index in [1.165, 1.54) is 91.2 Å². The molecule has 0 bridgehead atoms. The zero-order valence-corrected chi connectivity index (χ0v) is 79.1. The van der Waals surface area contributed by atoms with E-state index in [9.17, 15) is 0 Å². The predicted octanol–water partition coefficient (Wildman–Crippen LogP) is 37.3. The Morgan fingerprint density at radius 1 is 0.152 bits per heavy atom. The molecule has 30 aromatic rings. The van der Waals surface area contributed by atoms with Gasteiger partial charge in [0.25, 0.3) is 0 Å². The van der Waals surface area contributed by atoms with Gasteiger partial charge in [0.1, 0.15) is 33.5 Å². The Morgan fingerprint density at radius 2 is 0.455 bits per heavy atom.